The van der Waals surface area contributed by atoms with Crippen LogP contribution in [0, 0.1) is 0 Å². The van der Waals surface area contributed by atoms with Gasteiger partial charge < -0.3 is 0 Å². The molecule has 6 nitrogen and oxygen atoms in total. The minimum Gasteiger partial charge on any atom is -0.278 e. The van der Waals surface area contributed by atoms with Crippen molar-refractivity contribution in [2.45, 2.75) is 0 Å². The summed E-state index contributed by atoms with van der Waals surface area (Å²) >= 11 is 3.69. The maximum absolute atomic E-state index is 5.24. The van der Waals surface area contributed by atoms with Crippen molar-refractivity contribution < 1.29 is 0 Å². The van der Waals surface area contributed by atoms with E-state index in [4.69, 9.17) is 9.97 Å². The highest BCUT2D eigenvalue weighted by Gasteiger charge is 2.21. The molecule has 14 rings (SSSR count). The maximum Gasteiger partial charge on any atom is 0.220 e. The summed E-state index contributed by atoms with van der Waals surface area (Å²) in [5.41, 5.74) is 13.1. The largest absolute Gasteiger partial charge is 0.278 e. The maximum atomic E-state index is 5.24. The van der Waals surface area contributed by atoms with Gasteiger partial charge in [-0.15, -0.1) is 22.7 Å². The first-order chi connectivity index (χ1) is 28.7. The number of imidazole rings is 4. The van der Waals surface area contributed by atoms with E-state index in [-0.39, 0.29) is 0 Å². The number of benzene rings is 8. The Labute approximate surface area is 337 Å². The van der Waals surface area contributed by atoms with Crippen LogP contribution < -0.4 is 0 Å². The third-order valence-electron chi connectivity index (χ3n) is 12.0. The molecule has 0 atom stereocenters. The first kappa shape index (κ1) is 30.9. The molecule has 0 aliphatic rings. The summed E-state index contributed by atoms with van der Waals surface area (Å²) in [5.74, 6) is 1.81. The molecule has 8 heteroatoms. The zero-order valence-corrected chi connectivity index (χ0v) is 32.3. The van der Waals surface area contributed by atoms with Gasteiger partial charge in [0.15, 0.2) is 0 Å². The van der Waals surface area contributed by atoms with Crippen LogP contribution in [0.25, 0.3) is 119 Å². The molecule has 0 saturated carbocycles. The number of thiophene rings is 2. The topological polar surface area (TPSA) is 44.5 Å². The summed E-state index contributed by atoms with van der Waals surface area (Å²) in [6.45, 7) is 0. The third-order valence-corrected chi connectivity index (χ3v) is 14.3. The number of hydrogen-bond acceptors (Lipinski definition) is 4. The molecule has 0 saturated heterocycles. The van der Waals surface area contributed by atoms with Gasteiger partial charge >= 0.3 is 0 Å². The second-order valence-corrected chi connectivity index (χ2v) is 17.3. The van der Waals surface area contributed by atoms with Crippen molar-refractivity contribution in [3.8, 4) is 22.5 Å². The molecule has 6 heterocycles. The Morgan fingerprint density at radius 2 is 0.759 bits per heavy atom. The molecule has 0 radical (unpaired) electrons. The molecule has 0 amide bonds. The van der Waals surface area contributed by atoms with Gasteiger partial charge in [-0.1, -0.05) is 72.8 Å². The Kier molecular flexibility index (Phi) is 5.96. The van der Waals surface area contributed by atoms with Crippen LogP contribution in [0.3, 0.4) is 0 Å². The number of nitrogens with zero attached hydrogens (tertiary/aromatic N) is 6. The van der Waals surface area contributed by atoms with Crippen LogP contribution in [-0.4, -0.2) is 27.9 Å². The smallest absolute Gasteiger partial charge is 0.220 e. The van der Waals surface area contributed by atoms with Gasteiger partial charge in [0.1, 0.15) is 0 Å². The fourth-order valence-corrected chi connectivity index (χ4v) is 11.5. The second kappa shape index (κ2) is 11.2. The highest BCUT2D eigenvalue weighted by atomic mass is 32.1. The van der Waals surface area contributed by atoms with Gasteiger partial charge in [0.2, 0.25) is 11.6 Å². The fraction of sp³-hybridized carbons (Fsp3) is 0. The zero-order valence-electron chi connectivity index (χ0n) is 30.7. The Balaban J connectivity index is 1.00. The SMILES string of the molecule is c1ccc2c(c1)nc1n(-c3ccc4sc5ccccc5c4c3)c3ccc(-c4ccc5c(c4)n4c6ccccc6nc4n5-c4ccc5sc6ccccc6c5c4)cc3n21. The number of aromatic nitrogens is 6. The average molecular weight is 777 g/mol. The van der Waals surface area contributed by atoms with Crippen molar-refractivity contribution in [1.82, 2.24) is 27.9 Å². The lowest BCUT2D eigenvalue weighted by molar-refractivity contribution is 1.11. The molecule has 6 aromatic heterocycles. The Bertz CT molecular complexity index is 3790. The van der Waals surface area contributed by atoms with Crippen molar-refractivity contribution in [3.63, 3.8) is 0 Å². The first-order valence-electron chi connectivity index (χ1n) is 19.4. The number of hydrogen-bond donors (Lipinski definition) is 0. The molecule has 0 spiro atoms. The van der Waals surface area contributed by atoms with Crippen LogP contribution in [0.2, 0.25) is 0 Å². The monoisotopic (exact) mass is 776 g/mol. The van der Waals surface area contributed by atoms with Crippen molar-refractivity contribution in [3.05, 3.63) is 170 Å². The summed E-state index contributed by atoms with van der Waals surface area (Å²) in [7, 11) is 0. The Morgan fingerprint density at radius 1 is 0.328 bits per heavy atom. The molecule has 58 heavy (non-hydrogen) atoms. The average Bonchev–Trinajstić information content (AvgIpc) is 4.11. The van der Waals surface area contributed by atoms with E-state index in [1.165, 1.54) is 40.3 Å². The molecule has 14 aromatic rings. The normalized spacial score (nSPS) is 12.5. The number of fused-ring (bicyclic) bond motifs is 16. The molecular formula is C50H28N6S2. The Morgan fingerprint density at radius 3 is 1.26 bits per heavy atom. The molecular weight excluding hydrogens is 749 g/mol. The minimum absolute atomic E-state index is 0.904. The summed E-state index contributed by atoms with van der Waals surface area (Å²) in [5, 5.41) is 5.12. The summed E-state index contributed by atoms with van der Waals surface area (Å²) in [4.78, 5) is 10.5. The lowest BCUT2D eigenvalue weighted by Gasteiger charge is -2.08. The van der Waals surface area contributed by atoms with Crippen molar-refractivity contribution in [2.75, 3.05) is 0 Å². The van der Waals surface area contributed by atoms with Gasteiger partial charge in [-0.05, 0) is 108 Å². The van der Waals surface area contributed by atoms with Crippen molar-refractivity contribution >= 4 is 119 Å². The molecule has 0 fully saturated rings. The van der Waals surface area contributed by atoms with Gasteiger partial charge in [-0.2, -0.15) is 0 Å². The van der Waals surface area contributed by atoms with E-state index in [1.54, 1.807) is 0 Å². The predicted octanol–water partition coefficient (Wildman–Crippen LogP) is 13.6. The van der Waals surface area contributed by atoms with Crippen LogP contribution in [0.1, 0.15) is 0 Å². The lowest BCUT2D eigenvalue weighted by Crippen LogP contribution is -1.95. The quantitative estimate of drug-likeness (QED) is 0.179. The van der Waals surface area contributed by atoms with Gasteiger partial charge in [0, 0.05) is 51.7 Å². The minimum atomic E-state index is 0.904. The summed E-state index contributed by atoms with van der Waals surface area (Å²) in [6.07, 6.45) is 0. The van der Waals surface area contributed by atoms with Gasteiger partial charge in [0.25, 0.3) is 0 Å². The van der Waals surface area contributed by atoms with Crippen LogP contribution in [0.4, 0.5) is 0 Å². The molecule has 8 aromatic carbocycles. The van der Waals surface area contributed by atoms with Crippen molar-refractivity contribution in [1.29, 1.82) is 0 Å². The highest BCUT2D eigenvalue weighted by molar-refractivity contribution is 7.26. The Hall–Kier alpha value is -7.26. The predicted molar refractivity (Wildman–Crippen MR) is 244 cm³/mol. The van der Waals surface area contributed by atoms with Gasteiger partial charge in [0.05, 0.1) is 44.1 Å². The lowest BCUT2D eigenvalue weighted by atomic mass is 10.0. The van der Waals surface area contributed by atoms with E-state index in [9.17, 15) is 0 Å². The molecule has 0 unspecified atom stereocenters. The fourth-order valence-electron chi connectivity index (χ4n) is 9.37. The summed E-state index contributed by atoms with van der Waals surface area (Å²) in [6, 6.07) is 61.7. The first-order valence-corrected chi connectivity index (χ1v) is 21.0. The third kappa shape index (κ3) is 4.09. The van der Waals surface area contributed by atoms with E-state index in [0.717, 1.165) is 78.2 Å². The molecule has 270 valence electrons. The van der Waals surface area contributed by atoms with E-state index >= 15 is 0 Å². The second-order valence-electron chi connectivity index (χ2n) is 15.1. The number of para-hydroxylation sites is 4. The zero-order chi connectivity index (χ0) is 37.6. The van der Waals surface area contributed by atoms with Crippen molar-refractivity contribution in [2.24, 2.45) is 0 Å². The standard InChI is InChI=1S/C50H28N6S2/c1-7-15-45-33(9-1)35-27-31(19-23-47(35)57-45)53-41-21-17-29(25-43(41)55-39-13-5-3-11-37(39)51-49(53)55)30-18-22-42-44(26-30)56-40-14-6-4-12-38(40)52-50(56)54(42)32-20-24-48-36(28-32)34-10-2-8-16-46(34)58-48/h1-28H. The van der Waals surface area contributed by atoms with E-state index in [1.807, 2.05) is 22.7 Å². The van der Waals surface area contributed by atoms with Crippen LogP contribution in [0.15, 0.2) is 170 Å². The molecule has 0 N–H and O–H groups in total. The van der Waals surface area contributed by atoms with E-state index in [2.05, 4.69) is 188 Å². The molecule has 0 bridgehead atoms. The molecule has 0 aliphatic carbocycles. The van der Waals surface area contributed by atoms with Crippen LogP contribution >= 0.6 is 22.7 Å². The van der Waals surface area contributed by atoms with Crippen LogP contribution in [0.5, 0.6) is 0 Å². The number of rotatable bonds is 3. The molecule has 0 aliphatic heterocycles. The van der Waals surface area contributed by atoms with E-state index < -0.39 is 0 Å². The van der Waals surface area contributed by atoms with Crippen LogP contribution in [-0.2, 0) is 0 Å². The summed E-state index contributed by atoms with van der Waals surface area (Å²) < 4.78 is 14.5. The van der Waals surface area contributed by atoms with Gasteiger partial charge in [-0.3, -0.25) is 17.9 Å². The van der Waals surface area contributed by atoms with Gasteiger partial charge in [-0.25, -0.2) is 9.97 Å². The van der Waals surface area contributed by atoms with E-state index in [0.29, 0.717) is 0 Å². The highest BCUT2D eigenvalue weighted by Crippen LogP contribution is 2.40.